The van der Waals surface area contributed by atoms with Crippen molar-refractivity contribution < 1.29 is 23.9 Å². The van der Waals surface area contributed by atoms with Gasteiger partial charge in [0.05, 0.1) is 5.92 Å². The molecule has 0 bridgehead atoms. The molecule has 9 heteroatoms. The summed E-state index contributed by atoms with van der Waals surface area (Å²) in [5.41, 5.74) is 1.78. The van der Waals surface area contributed by atoms with Gasteiger partial charge in [0, 0.05) is 37.1 Å². The average Bonchev–Trinajstić information content (AvgIpc) is 3.36. The van der Waals surface area contributed by atoms with Crippen molar-refractivity contribution in [3.63, 3.8) is 0 Å². The number of nitrogens with one attached hydrogen (secondary N) is 1. The van der Waals surface area contributed by atoms with Crippen LogP contribution in [0.1, 0.15) is 49.7 Å². The summed E-state index contributed by atoms with van der Waals surface area (Å²) in [4.78, 5) is 42.3. The smallest absolute Gasteiger partial charge is 0.327 e. The van der Waals surface area contributed by atoms with E-state index in [-0.39, 0.29) is 49.6 Å². The van der Waals surface area contributed by atoms with Crippen LogP contribution >= 0.6 is 11.6 Å². The standard InChI is InChI=1S/C27H30ClN3O5/c28-21-8-3-1-6-19(21)16-31-22-9-4-2-7-20(22)26(33)30(27(31)34)13-5-10-25(32)29-15-18-11-12-23-24(14-18)36-17-35-23/h1,3,6,8,11-12,14,20,22H,2,4-5,7,9-10,13,15-17H2,(H,29,32). The lowest BCUT2D eigenvalue weighted by molar-refractivity contribution is -0.141. The van der Waals surface area contributed by atoms with Crippen LogP contribution in [0.15, 0.2) is 42.5 Å². The molecule has 0 spiro atoms. The fourth-order valence-electron chi connectivity index (χ4n) is 5.30. The van der Waals surface area contributed by atoms with Gasteiger partial charge in [-0.3, -0.25) is 14.5 Å². The maximum Gasteiger partial charge on any atom is 0.327 e. The van der Waals surface area contributed by atoms with Crippen LogP contribution in [-0.2, 0) is 22.7 Å². The first-order valence-corrected chi connectivity index (χ1v) is 12.9. The molecule has 1 aliphatic carbocycles. The molecule has 1 saturated heterocycles. The van der Waals surface area contributed by atoms with Gasteiger partial charge in [0.15, 0.2) is 11.5 Å². The maximum absolute atomic E-state index is 13.5. The molecule has 2 aromatic rings. The number of hydrogen-bond donors (Lipinski definition) is 1. The molecule has 2 heterocycles. The number of imide groups is 1. The van der Waals surface area contributed by atoms with Gasteiger partial charge in [-0.1, -0.05) is 48.7 Å². The second kappa shape index (κ2) is 10.8. The third-order valence-electron chi connectivity index (χ3n) is 7.20. The summed E-state index contributed by atoms with van der Waals surface area (Å²) >= 11 is 6.38. The van der Waals surface area contributed by atoms with Crippen molar-refractivity contribution in [2.24, 2.45) is 5.92 Å². The summed E-state index contributed by atoms with van der Waals surface area (Å²) in [6.07, 6.45) is 4.22. The average molecular weight is 512 g/mol. The molecule has 0 radical (unpaired) electrons. The van der Waals surface area contributed by atoms with Crippen molar-refractivity contribution in [2.75, 3.05) is 13.3 Å². The van der Waals surface area contributed by atoms with Gasteiger partial charge in [-0.2, -0.15) is 0 Å². The third-order valence-corrected chi connectivity index (χ3v) is 7.57. The zero-order chi connectivity index (χ0) is 25.1. The van der Waals surface area contributed by atoms with Gasteiger partial charge in [-0.25, -0.2) is 4.79 Å². The van der Waals surface area contributed by atoms with Gasteiger partial charge in [0.1, 0.15) is 0 Å². The van der Waals surface area contributed by atoms with Crippen LogP contribution in [0.3, 0.4) is 0 Å². The minimum absolute atomic E-state index is 0.101. The highest BCUT2D eigenvalue weighted by atomic mass is 35.5. The molecule has 1 saturated carbocycles. The van der Waals surface area contributed by atoms with E-state index in [0.29, 0.717) is 36.0 Å². The van der Waals surface area contributed by atoms with Crippen LogP contribution in [-0.4, -0.2) is 47.0 Å². The number of nitrogens with zero attached hydrogens (tertiary/aromatic N) is 2. The van der Waals surface area contributed by atoms with Crippen molar-refractivity contribution in [1.82, 2.24) is 15.1 Å². The predicted octanol–water partition coefficient (Wildman–Crippen LogP) is 4.49. The minimum Gasteiger partial charge on any atom is -0.454 e. The number of hydrogen-bond acceptors (Lipinski definition) is 5. The molecule has 3 aliphatic rings. The number of fused-ring (bicyclic) bond motifs is 2. The molecule has 4 amide bonds. The lowest BCUT2D eigenvalue weighted by Crippen LogP contribution is -2.62. The van der Waals surface area contributed by atoms with Crippen LogP contribution in [0.25, 0.3) is 0 Å². The van der Waals surface area contributed by atoms with Crippen molar-refractivity contribution in [3.8, 4) is 11.5 Å². The number of rotatable bonds is 8. The lowest BCUT2D eigenvalue weighted by atomic mass is 9.81. The summed E-state index contributed by atoms with van der Waals surface area (Å²) in [6, 6.07) is 12.7. The minimum atomic E-state index is -0.288. The van der Waals surface area contributed by atoms with E-state index in [2.05, 4.69) is 5.32 Å². The highest BCUT2D eigenvalue weighted by molar-refractivity contribution is 6.31. The summed E-state index contributed by atoms with van der Waals surface area (Å²) in [5.74, 6) is 0.934. The second-order valence-corrected chi connectivity index (χ2v) is 9.93. The van der Waals surface area contributed by atoms with E-state index in [0.717, 1.165) is 36.8 Å². The largest absolute Gasteiger partial charge is 0.454 e. The van der Waals surface area contributed by atoms with Crippen molar-refractivity contribution in [2.45, 2.75) is 57.7 Å². The van der Waals surface area contributed by atoms with Crippen LogP contribution in [0.4, 0.5) is 4.79 Å². The summed E-state index contributed by atoms with van der Waals surface area (Å²) < 4.78 is 10.7. The van der Waals surface area contributed by atoms with Crippen LogP contribution in [0, 0.1) is 5.92 Å². The van der Waals surface area contributed by atoms with Gasteiger partial charge >= 0.3 is 6.03 Å². The SMILES string of the molecule is O=C(CCCN1C(=O)C2CCCCC2N(Cc2ccccc2Cl)C1=O)NCc1ccc2c(c1)OCO2. The molecular formula is C27H30ClN3O5. The quantitative estimate of drug-likeness (QED) is 0.564. The molecule has 2 fully saturated rings. The normalized spacial score (nSPS) is 20.9. The van der Waals surface area contributed by atoms with E-state index in [1.165, 1.54) is 4.90 Å². The molecule has 2 aliphatic heterocycles. The van der Waals surface area contributed by atoms with Crippen LogP contribution in [0.5, 0.6) is 11.5 Å². The molecule has 1 N–H and O–H groups in total. The first-order chi connectivity index (χ1) is 17.5. The summed E-state index contributed by atoms with van der Waals surface area (Å²) in [5, 5.41) is 3.51. The maximum atomic E-state index is 13.5. The number of ether oxygens (including phenoxy) is 2. The fraction of sp³-hybridized carbons (Fsp3) is 0.444. The number of halogens is 1. The van der Waals surface area contributed by atoms with E-state index in [1.807, 2.05) is 47.4 Å². The highest BCUT2D eigenvalue weighted by Gasteiger charge is 2.46. The number of benzene rings is 2. The molecule has 36 heavy (non-hydrogen) atoms. The molecule has 8 nitrogen and oxygen atoms in total. The first-order valence-electron chi connectivity index (χ1n) is 12.5. The van der Waals surface area contributed by atoms with Gasteiger partial charge in [0.25, 0.3) is 0 Å². The van der Waals surface area contributed by atoms with E-state index < -0.39 is 0 Å². The number of urea groups is 1. The molecule has 2 unspecified atom stereocenters. The summed E-state index contributed by atoms with van der Waals surface area (Å²) in [7, 11) is 0. The highest BCUT2D eigenvalue weighted by Crippen LogP contribution is 2.36. The van der Waals surface area contributed by atoms with Gasteiger partial charge in [-0.15, -0.1) is 0 Å². The Kier molecular flexibility index (Phi) is 7.32. The lowest BCUT2D eigenvalue weighted by Gasteiger charge is -2.47. The Hall–Kier alpha value is -3.26. The monoisotopic (exact) mass is 511 g/mol. The van der Waals surface area contributed by atoms with Gasteiger partial charge < -0.3 is 19.7 Å². The molecular weight excluding hydrogens is 482 g/mol. The Labute approximate surface area is 215 Å². The van der Waals surface area contributed by atoms with Gasteiger partial charge in [0.2, 0.25) is 18.6 Å². The third kappa shape index (κ3) is 5.14. The van der Waals surface area contributed by atoms with E-state index in [4.69, 9.17) is 21.1 Å². The molecule has 0 aromatic heterocycles. The Balaban J connectivity index is 1.18. The fourth-order valence-corrected chi connectivity index (χ4v) is 5.50. The van der Waals surface area contributed by atoms with Crippen LogP contribution in [0.2, 0.25) is 5.02 Å². The Morgan fingerprint density at radius 1 is 1.06 bits per heavy atom. The Morgan fingerprint density at radius 2 is 1.86 bits per heavy atom. The zero-order valence-electron chi connectivity index (χ0n) is 20.1. The second-order valence-electron chi connectivity index (χ2n) is 9.52. The Morgan fingerprint density at radius 3 is 2.72 bits per heavy atom. The first kappa shape index (κ1) is 24.4. The van der Waals surface area contributed by atoms with Gasteiger partial charge in [-0.05, 0) is 48.6 Å². The molecule has 190 valence electrons. The number of carbonyl (C=O) groups is 3. The van der Waals surface area contributed by atoms with Crippen molar-refractivity contribution in [1.29, 1.82) is 0 Å². The zero-order valence-corrected chi connectivity index (χ0v) is 20.8. The predicted molar refractivity (Wildman–Crippen MR) is 133 cm³/mol. The van der Waals surface area contributed by atoms with E-state index in [1.54, 1.807) is 0 Å². The van der Waals surface area contributed by atoms with Crippen molar-refractivity contribution in [3.05, 3.63) is 58.6 Å². The number of carbonyl (C=O) groups excluding carboxylic acids is 3. The van der Waals surface area contributed by atoms with E-state index >= 15 is 0 Å². The molecule has 2 atom stereocenters. The molecule has 2 aromatic carbocycles. The molecule has 5 rings (SSSR count). The number of amides is 4. The summed E-state index contributed by atoms with van der Waals surface area (Å²) in [6.45, 7) is 1.17. The topological polar surface area (TPSA) is 88.2 Å². The van der Waals surface area contributed by atoms with E-state index in [9.17, 15) is 14.4 Å². The van der Waals surface area contributed by atoms with Crippen molar-refractivity contribution >= 4 is 29.4 Å². The Bertz CT molecular complexity index is 1160. The van der Waals surface area contributed by atoms with Crippen LogP contribution < -0.4 is 14.8 Å².